The minimum atomic E-state index is -0.410. The predicted molar refractivity (Wildman–Crippen MR) is 106 cm³/mol. The van der Waals surface area contributed by atoms with Gasteiger partial charge in [-0.15, -0.1) is 0 Å². The molecule has 0 aromatic heterocycles. The minimum Gasteiger partial charge on any atom is -0.402 e. The van der Waals surface area contributed by atoms with Crippen molar-refractivity contribution in [3.8, 4) is 0 Å². The predicted octanol–water partition coefficient (Wildman–Crippen LogP) is 4.44. The Morgan fingerprint density at radius 1 is 1.04 bits per heavy atom. The average Bonchev–Trinajstić information content (AvgIpc) is 3.01. The van der Waals surface area contributed by atoms with Gasteiger partial charge in [-0.05, 0) is 54.3 Å². The summed E-state index contributed by atoms with van der Waals surface area (Å²) in [5, 5.41) is 0. The molecule has 2 aromatic rings. The number of carbonyl (C=O) groups is 1. The maximum Gasteiger partial charge on any atom is 0.363 e. The second kappa shape index (κ2) is 8.00. The minimum absolute atomic E-state index is 0.327. The van der Waals surface area contributed by atoms with Gasteiger partial charge >= 0.3 is 5.97 Å². The topological polar surface area (TPSA) is 41.9 Å². The summed E-state index contributed by atoms with van der Waals surface area (Å²) in [7, 11) is 3.98. The second-order valence-corrected chi connectivity index (χ2v) is 6.62. The van der Waals surface area contributed by atoms with Crippen LogP contribution in [0.4, 0.5) is 5.69 Å². The summed E-state index contributed by atoms with van der Waals surface area (Å²) < 4.78 is 5.35. The summed E-state index contributed by atoms with van der Waals surface area (Å²) in [5.74, 6) is -0.0417. The number of hydrogen-bond acceptors (Lipinski definition) is 4. The van der Waals surface area contributed by atoms with E-state index in [0.29, 0.717) is 11.6 Å². The van der Waals surface area contributed by atoms with Crippen LogP contribution in [0.2, 0.25) is 0 Å². The van der Waals surface area contributed by atoms with Crippen molar-refractivity contribution in [2.45, 2.75) is 26.2 Å². The van der Waals surface area contributed by atoms with Gasteiger partial charge in [0.15, 0.2) is 5.70 Å². The Morgan fingerprint density at radius 2 is 1.73 bits per heavy atom. The second-order valence-electron chi connectivity index (χ2n) is 6.62. The van der Waals surface area contributed by atoms with Crippen LogP contribution in [-0.2, 0) is 16.0 Å². The van der Waals surface area contributed by atoms with Gasteiger partial charge in [-0.1, -0.05) is 37.6 Å². The van der Waals surface area contributed by atoms with E-state index in [1.54, 1.807) is 6.08 Å². The lowest BCUT2D eigenvalue weighted by Crippen LogP contribution is -2.08. The number of anilines is 1. The zero-order valence-corrected chi connectivity index (χ0v) is 15.5. The number of aryl methyl sites for hydroxylation is 1. The summed E-state index contributed by atoms with van der Waals surface area (Å²) in [6.07, 6.45) is 5.17. The number of carbonyl (C=O) groups excluding carboxylic acids is 1. The van der Waals surface area contributed by atoms with Crippen molar-refractivity contribution in [3.05, 3.63) is 70.9 Å². The van der Waals surface area contributed by atoms with Crippen molar-refractivity contribution in [2.24, 2.45) is 4.99 Å². The van der Waals surface area contributed by atoms with Gasteiger partial charge in [0, 0.05) is 25.3 Å². The van der Waals surface area contributed by atoms with E-state index in [4.69, 9.17) is 4.74 Å². The molecule has 0 spiro atoms. The van der Waals surface area contributed by atoms with Crippen LogP contribution in [-0.4, -0.2) is 26.0 Å². The fourth-order valence-corrected chi connectivity index (χ4v) is 2.75. The third-order valence-corrected chi connectivity index (χ3v) is 4.35. The molecule has 0 unspecified atom stereocenters. The monoisotopic (exact) mass is 348 g/mol. The van der Waals surface area contributed by atoms with Crippen LogP contribution < -0.4 is 4.90 Å². The molecular weight excluding hydrogens is 324 g/mol. The quantitative estimate of drug-likeness (QED) is 0.572. The van der Waals surface area contributed by atoms with Gasteiger partial charge in [-0.2, -0.15) is 0 Å². The van der Waals surface area contributed by atoms with Crippen molar-refractivity contribution in [2.75, 3.05) is 19.0 Å². The fourth-order valence-electron chi connectivity index (χ4n) is 2.75. The molecule has 0 amide bonds. The van der Waals surface area contributed by atoms with Gasteiger partial charge in [0.1, 0.15) is 0 Å². The summed E-state index contributed by atoms with van der Waals surface area (Å²) in [5.41, 5.74) is 4.46. The van der Waals surface area contributed by atoms with Crippen LogP contribution >= 0.6 is 0 Å². The lowest BCUT2D eigenvalue weighted by molar-refractivity contribution is -0.129. The first-order valence-electron chi connectivity index (χ1n) is 8.96. The highest BCUT2D eigenvalue weighted by Gasteiger charge is 2.24. The van der Waals surface area contributed by atoms with E-state index in [1.807, 2.05) is 55.4 Å². The first kappa shape index (κ1) is 17.9. The van der Waals surface area contributed by atoms with Crippen LogP contribution in [0.25, 0.3) is 6.08 Å². The molecular formula is C22H24N2O2. The lowest BCUT2D eigenvalue weighted by atomic mass is 10.1. The van der Waals surface area contributed by atoms with Gasteiger partial charge in [-0.25, -0.2) is 9.79 Å². The summed E-state index contributed by atoms with van der Waals surface area (Å²) in [4.78, 5) is 18.5. The highest BCUT2D eigenvalue weighted by atomic mass is 16.6. The van der Waals surface area contributed by atoms with Crippen LogP contribution in [0.3, 0.4) is 0 Å². The maximum atomic E-state index is 12.1. The summed E-state index contributed by atoms with van der Waals surface area (Å²) >= 11 is 0. The smallest absolute Gasteiger partial charge is 0.363 e. The van der Waals surface area contributed by atoms with E-state index < -0.39 is 5.97 Å². The molecule has 0 aliphatic carbocycles. The molecule has 0 saturated carbocycles. The molecule has 0 fully saturated rings. The molecule has 1 aliphatic heterocycles. The molecule has 1 heterocycles. The van der Waals surface area contributed by atoms with Crippen LogP contribution in [0, 0.1) is 0 Å². The van der Waals surface area contributed by atoms with Crippen LogP contribution in [0.1, 0.15) is 36.5 Å². The molecule has 0 saturated heterocycles. The van der Waals surface area contributed by atoms with E-state index in [9.17, 15) is 4.79 Å². The number of esters is 1. The van der Waals surface area contributed by atoms with Crippen molar-refractivity contribution in [3.63, 3.8) is 0 Å². The van der Waals surface area contributed by atoms with Gasteiger partial charge in [0.2, 0.25) is 5.90 Å². The number of nitrogens with zero attached hydrogens (tertiary/aromatic N) is 2. The zero-order valence-electron chi connectivity index (χ0n) is 15.5. The van der Waals surface area contributed by atoms with E-state index in [2.05, 4.69) is 24.0 Å². The van der Waals surface area contributed by atoms with E-state index >= 15 is 0 Å². The average molecular weight is 348 g/mol. The molecule has 0 N–H and O–H groups in total. The van der Waals surface area contributed by atoms with E-state index in [0.717, 1.165) is 23.2 Å². The van der Waals surface area contributed by atoms with Crippen molar-refractivity contribution < 1.29 is 9.53 Å². The largest absolute Gasteiger partial charge is 0.402 e. The lowest BCUT2D eigenvalue weighted by Gasteiger charge is -2.11. The molecule has 26 heavy (non-hydrogen) atoms. The number of cyclic esters (lactones) is 1. The number of benzene rings is 2. The molecule has 2 aromatic carbocycles. The first-order valence-corrected chi connectivity index (χ1v) is 8.96. The number of aliphatic imine (C=N–C) groups is 1. The van der Waals surface area contributed by atoms with Gasteiger partial charge in [0.25, 0.3) is 0 Å². The number of ether oxygens (including phenoxy) is 1. The maximum absolute atomic E-state index is 12.1. The van der Waals surface area contributed by atoms with E-state index in [-0.39, 0.29) is 0 Å². The zero-order chi connectivity index (χ0) is 18.5. The molecule has 4 heteroatoms. The van der Waals surface area contributed by atoms with E-state index in [1.165, 1.54) is 18.4 Å². The number of unbranched alkanes of at least 4 members (excludes halogenated alkanes) is 1. The van der Waals surface area contributed by atoms with Gasteiger partial charge in [0.05, 0.1) is 0 Å². The molecule has 134 valence electrons. The Labute approximate surface area is 154 Å². The standard InChI is InChI=1S/C22H24N2O2/c1-4-5-6-16-7-11-18(12-8-16)21-23-20(22(25)26-21)15-17-9-13-19(14-10-17)24(2)3/h7-15H,4-6H2,1-3H3. The van der Waals surface area contributed by atoms with Crippen LogP contribution in [0.15, 0.2) is 59.2 Å². The van der Waals surface area contributed by atoms with Crippen molar-refractivity contribution in [1.29, 1.82) is 0 Å². The molecule has 0 bridgehead atoms. The molecule has 0 atom stereocenters. The Kier molecular flexibility index (Phi) is 5.52. The number of hydrogen-bond donors (Lipinski definition) is 0. The highest BCUT2D eigenvalue weighted by molar-refractivity contribution is 6.12. The molecule has 4 nitrogen and oxygen atoms in total. The molecule has 3 rings (SSSR count). The van der Waals surface area contributed by atoms with Gasteiger partial charge in [-0.3, -0.25) is 0 Å². The van der Waals surface area contributed by atoms with Crippen molar-refractivity contribution >= 4 is 23.6 Å². The fraction of sp³-hybridized carbons (Fsp3) is 0.273. The SMILES string of the molecule is CCCCc1ccc(C2=NC(=Cc3ccc(N(C)C)cc3)C(=O)O2)cc1. The molecule has 1 aliphatic rings. The third kappa shape index (κ3) is 4.20. The first-order chi connectivity index (χ1) is 12.6. The highest BCUT2D eigenvalue weighted by Crippen LogP contribution is 2.21. The Morgan fingerprint density at radius 3 is 2.35 bits per heavy atom. The molecule has 0 radical (unpaired) electrons. The third-order valence-electron chi connectivity index (χ3n) is 4.35. The van der Waals surface area contributed by atoms with Crippen molar-refractivity contribution in [1.82, 2.24) is 0 Å². The Balaban J connectivity index is 1.77. The Bertz CT molecular complexity index is 831. The Hall–Kier alpha value is -2.88. The summed E-state index contributed by atoms with van der Waals surface area (Å²) in [6, 6.07) is 16.0. The number of rotatable bonds is 6. The summed E-state index contributed by atoms with van der Waals surface area (Å²) in [6.45, 7) is 2.18. The normalized spacial score (nSPS) is 15.1. The van der Waals surface area contributed by atoms with Gasteiger partial charge < -0.3 is 9.64 Å². The van der Waals surface area contributed by atoms with Crippen LogP contribution in [0.5, 0.6) is 0 Å².